The van der Waals surface area contributed by atoms with E-state index in [1.807, 2.05) is 12.4 Å². The lowest BCUT2D eigenvalue weighted by Gasteiger charge is -2.26. The highest BCUT2D eigenvalue weighted by Crippen LogP contribution is 2.41. The second kappa shape index (κ2) is 14.4. The van der Waals surface area contributed by atoms with Gasteiger partial charge in [0.1, 0.15) is 9.66 Å². The van der Waals surface area contributed by atoms with Crippen LogP contribution >= 0.6 is 22.7 Å². The highest BCUT2D eigenvalue weighted by molar-refractivity contribution is 7.25. The fourth-order valence-corrected chi connectivity index (χ4v) is 11.1. The smallest absolute Gasteiger partial charge is 0.160 e. The molecule has 4 heterocycles. The number of benzene rings is 9. The van der Waals surface area contributed by atoms with Crippen LogP contribution in [0, 0.1) is 0 Å². The largest absolute Gasteiger partial charge is 0.310 e. The molecule has 4 aromatic heterocycles. The van der Waals surface area contributed by atoms with Crippen LogP contribution in [-0.4, -0.2) is 19.9 Å². The molecule has 0 fully saturated rings. The highest BCUT2D eigenvalue weighted by Gasteiger charge is 2.17. The van der Waals surface area contributed by atoms with Crippen LogP contribution in [0.3, 0.4) is 0 Å². The molecule has 0 amide bonds. The van der Waals surface area contributed by atoms with Gasteiger partial charge in [-0.25, -0.2) is 19.9 Å². The quantitative estimate of drug-likeness (QED) is 0.156. The Labute approximate surface area is 369 Å². The summed E-state index contributed by atoms with van der Waals surface area (Å²) in [6, 6.07) is 67.4. The van der Waals surface area contributed by atoms with Crippen molar-refractivity contribution >= 4 is 113 Å². The maximum absolute atomic E-state index is 5.02. The minimum Gasteiger partial charge on any atom is -0.310 e. The first kappa shape index (κ1) is 35.9. The number of fused-ring (bicyclic) bond motifs is 10. The number of aromatic nitrogens is 4. The van der Waals surface area contributed by atoms with Crippen molar-refractivity contribution in [2.45, 2.75) is 0 Å². The van der Waals surface area contributed by atoms with Gasteiger partial charge in [-0.2, -0.15) is 0 Å². The van der Waals surface area contributed by atoms with Crippen LogP contribution in [0.1, 0.15) is 0 Å². The van der Waals surface area contributed by atoms with Crippen molar-refractivity contribution in [1.82, 2.24) is 19.9 Å². The second-order valence-electron chi connectivity index (χ2n) is 15.9. The van der Waals surface area contributed by atoms with E-state index in [0.29, 0.717) is 11.6 Å². The number of thiophene rings is 2. The summed E-state index contributed by atoms with van der Waals surface area (Å²) < 4.78 is 2.44. The third-order valence-corrected chi connectivity index (χ3v) is 14.4. The Morgan fingerprint density at radius 3 is 1.37 bits per heavy atom. The van der Waals surface area contributed by atoms with Crippen molar-refractivity contribution in [3.8, 4) is 33.9 Å². The first-order chi connectivity index (χ1) is 31.2. The van der Waals surface area contributed by atoms with Gasteiger partial charge >= 0.3 is 0 Å². The molecule has 0 bridgehead atoms. The van der Waals surface area contributed by atoms with E-state index in [1.165, 1.54) is 63.6 Å². The zero-order chi connectivity index (χ0) is 41.4. The van der Waals surface area contributed by atoms with Gasteiger partial charge in [0.25, 0.3) is 0 Å². The summed E-state index contributed by atoms with van der Waals surface area (Å²) in [4.78, 5) is 24.0. The Morgan fingerprint density at radius 2 is 0.762 bits per heavy atom. The van der Waals surface area contributed by atoms with Gasteiger partial charge < -0.3 is 4.90 Å². The van der Waals surface area contributed by atoms with E-state index in [0.717, 1.165) is 48.6 Å². The number of anilines is 3. The molecular weight excluding hydrogens is 807 g/mol. The second-order valence-corrected chi connectivity index (χ2v) is 18.0. The summed E-state index contributed by atoms with van der Waals surface area (Å²) in [5, 5.41) is 11.9. The summed E-state index contributed by atoms with van der Waals surface area (Å²) in [7, 11) is 0. The SMILES string of the molecule is c1ccc2cc(-c3ccc4c(ccc5cc(N(c6ccc(-c7ncc8c(n7)sc7ccccc78)cc6)c6ccc(-c7ncc8c(n7)sc7ccccc78)cc6)ccc54)c3)ccc2c1. The molecule has 0 aliphatic heterocycles. The van der Waals surface area contributed by atoms with E-state index in [9.17, 15) is 0 Å². The van der Waals surface area contributed by atoms with Crippen LogP contribution in [0.4, 0.5) is 17.1 Å². The summed E-state index contributed by atoms with van der Waals surface area (Å²) in [6.07, 6.45) is 3.92. The van der Waals surface area contributed by atoms with Crippen molar-refractivity contribution in [1.29, 1.82) is 0 Å². The third kappa shape index (κ3) is 6.12. The number of nitrogens with zero attached hydrogens (tertiary/aromatic N) is 5. The molecule has 0 aliphatic carbocycles. The standard InChI is InChI=1S/C56H33N5S2/c1-2-8-37-29-38(14-13-34(37)7-1)39-21-27-45-40(30-39)15-16-41-31-44(26-28-46(41)45)61(42-22-17-35(18-23-42)53-57-32-49-47-9-3-5-11-51(47)62-55(49)59-53)43-24-19-36(20-25-43)54-58-33-50-48-10-4-6-12-52(48)63-56(50)60-54/h1-33H. The van der Waals surface area contributed by atoms with Crippen LogP contribution in [0.2, 0.25) is 0 Å². The van der Waals surface area contributed by atoms with Crippen LogP contribution in [-0.2, 0) is 0 Å². The zero-order valence-electron chi connectivity index (χ0n) is 33.6. The number of hydrogen-bond acceptors (Lipinski definition) is 7. The summed E-state index contributed by atoms with van der Waals surface area (Å²) in [5.41, 5.74) is 7.48. The molecule has 13 rings (SSSR count). The summed E-state index contributed by atoms with van der Waals surface area (Å²) in [6.45, 7) is 0. The predicted molar refractivity (Wildman–Crippen MR) is 267 cm³/mol. The molecule has 5 nitrogen and oxygen atoms in total. The molecule has 7 heteroatoms. The summed E-state index contributed by atoms with van der Waals surface area (Å²) >= 11 is 3.41. The van der Waals surface area contributed by atoms with E-state index >= 15 is 0 Å². The van der Waals surface area contributed by atoms with Gasteiger partial charge in [0.15, 0.2) is 11.6 Å². The Balaban J connectivity index is 0.884. The molecule has 0 aliphatic rings. The number of rotatable bonds is 6. The van der Waals surface area contributed by atoms with Gasteiger partial charge in [-0.1, -0.05) is 103 Å². The fraction of sp³-hybridized carbons (Fsp3) is 0. The van der Waals surface area contributed by atoms with Crippen molar-refractivity contribution in [2.75, 3.05) is 4.90 Å². The fourth-order valence-electron chi connectivity index (χ4n) is 9.01. The average Bonchev–Trinajstić information content (AvgIpc) is 3.92. The van der Waals surface area contributed by atoms with Gasteiger partial charge in [0.2, 0.25) is 0 Å². The zero-order valence-corrected chi connectivity index (χ0v) is 35.2. The Kier molecular flexibility index (Phi) is 8.19. The lowest BCUT2D eigenvalue weighted by atomic mass is 9.96. The molecular formula is C56H33N5S2. The molecule has 294 valence electrons. The molecule has 0 saturated heterocycles. The molecule has 0 N–H and O–H groups in total. The van der Waals surface area contributed by atoms with Gasteiger partial charge in [-0.05, 0) is 128 Å². The maximum Gasteiger partial charge on any atom is 0.160 e. The average molecular weight is 840 g/mol. The molecule has 0 spiro atoms. The van der Waals surface area contributed by atoms with Gasteiger partial charge in [-0.15, -0.1) is 22.7 Å². The molecule has 9 aromatic carbocycles. The van der Waals surface area contributed by atoms with Crippen LogP contribution < -0.4 is 4.90 Å². The van der Waals surface area contributed by atoms with Crippen LogP contribution in [0.5, 0.6) is 0 Å². The first-order valence-corrected chi connectivity index (χ1v) is 22.6. The Morgan fingerprint density at radius 1 is 0.317 bits per heavy atom. The highest BCUT2D eigenvalue weighted by atomic mass is 32.1. The van der Waals surface area contributed by atoms with E-state index in [4.69, 9.17) is 19.9 Å². The summed E-state index contributed by atoms with van der Waals surface area (Å²) in [5.74, 6) is 1.43. The minimum absolute atomic E-state index is 0.716. The topological polar surface area (TPSA) is 54.8 Å². The Bertz CT molecular complexity index is 3770. The van der Waals surface area contributed by atoms with Gasteiger partial charge in [-0.3, -0.25) is 0 Å². The van der Waals surface area contributed by atoms with Crippen LogP contribution in [0.15, 0.2) is 200 Å². The van der Waals surface area contributed by atoms with E-state index in [1.54, 1.807) is 22.7 Å². The first-order valence-electron chi connectivity index (χ1n) is 20.9. The van der Waals surface area contributed by atoms with Crippen molar-refractivity contribution in [3.63, 3.8) is 0 Å². The van der Waals surface area contributed by atoms with Gasteiger partial charge in [0, 0.05) is 71.5 Å². The maximum atomic E-state index is 5.02. The van der Waals surface area contributed by atoms with E-state index in [-0.39, 0.29) is 0 Å². The third-order valence-electron chi connectivity index (χ3n) is 12.2. The monoisotopic (exact) mass is 839 g/mol. The lowest BCUT2D eigenvalue weighted by molar-refractivity contribution is 1.23. The van der Waals surface area contributed by atoms with Gasteiger partial charge in [0.05, 0.1) is 0 Å². The number of hydrogen-bond donors (Lipinski definition) is 0. The molecule has 0 atom stereocenters. The predicted octanol–water partition coefficient (Wildman–Crippen LogP) is 15.9. The molecule has 13 aromatic rings. The molecule has 0 radical (unpaired) electrons. The molecule has 0 unspecified atom stereocenters. The van der Waals surface area contributed by atoms with Crippen molar-refractivity contribution < 1.29 is 0 Å². The molecule has 63 heavy (non-hydrogen) atoms. The van der Waals surface area contributed by atoms with Crippen molar-refractivity contribution in [2.24, 2.45) is 0 Å². The van der Waals surface area contributed by atoms with Crippen LogP contribution in [0.25, 0.3) is 107 Å². The van der Waals surface area contributed by atoms with E-state index in [2.05, 4.69) is 193 Å². The normalized spacial score (nSPS) is 11.8. The Hall–Kier alpha value is -7.84. The van der Waals surface area contributed by atoms with E-state index < -0.39 is 0 Å². The minimum atomic E-state index is 0.716. The van der Waals surface area contributed by atoms with Crippen molar-refractivity contribution in [3.05, 3.63) is 200 Å². The molecule has 0 saturated carbocycles. The lowest BCUT2D eigenvalue weighted by Crippen LogP contribution is -2.10.